The molecule has 0 spiro atoms. The Bertz CT molecular complexity index is 777. The number of hydrogen-bond acceptors (Lipinski definition) is 4. The molecule has 0 bridgehead atoms. The van der Waals surface area contributed by atoms with Gasteiger partial charge in [-0.15, -0.1) is 0 Å². The Hall–Kier alpha value is -2.86. The normalized spacial score (nSPS) is 10.2. The van der Waals surface area contributed by atoms with Crippen molar-refractivity contribution in [3.05, 3.63) is 64.7 Å². The smallest absolute Gasteiger partial charge is 0.414 e. The molecule has 2 aromatic carbocycles. The number of unbranched alkanes of at least 4 members (excludes halogenated alkanes) is 1. The first kappa shape index (κ1) is 24.2. The standard InChI is InChI=1S/C21H29NO.C2H2O4/c1-17-14-18(2)19(3)21(15-17)23-13-9-8-12-22(4)16-20-10-6-5-7-11-20;3-1(4)2(5)6/h5-7,10-11,14-15H,8-9,12-13,16H2,1-4H3;(H,3,4)(H,5,6). The van der Waals surface area contributed by atoms with Crippen LogP contribution in [0, 0.1) is 20.8 Å². The highest BCUT2D eigenvalue weighted by Gasteiger charge is 2.05. The van der Waals surface area contributed by atoms with Gasteiger partial charge in [0, 0.05) is 6.54 Å². The minimum Gasteiger partial charge on any atom is -0.493 e. The highest BCUT2D eigenvalue weighted by molar-refractivity contribution is 6.27. The zero-order chi connectivity index (χ0) is 21.8. The van der Waals surface area contributed by atoms with E-state index in [9.17, 15) is 0 Å². The summed E-state index contributed by atoms with van der Waals surface area (Å²) >= 11 is 0. The minimum absolute atomic E-state index is 0.795. The highest BCUT2D eigenvalue weighted by atomic mass is 16.5. The lowest BCUT2D eigenvalue weighted by Crippen LogP contribution is -2.19. The molecule has 0 aliphatic heterocycles. The van der Waals surface area contributed by atoms with Crippen molar-refractivity contribution >= 4 is 11.9 Å². The lowest BCUT2D eigenvalue weighted by molar-refractivity contribution is -0.159. The number of nitrogens with zero attached hydrogens (tertiary/aromatic N) is 1. The van der Waals surface area contributed by atoms with E-state index >= 15 is 0 Å². The van der Waals surface area contributed by atoms with Crippen LogP contribution in [0.25, 0.3) is 0 Å². The summed E-state index contributed by atoms with van der Waals surface area (Å²) < 4.78 is 5.98. The molecule has 2 rings (SSSR count). The number of rotatable bonds is 8. The van der Waals surface area contributed by atoms with Gasteiger partial charge in [-0.1, -0.05) is 36.4 Å². The fraction of sp³-hybridized carbons (Fsp3) is 0.391. The van der Waals surface area contributed by atoms with E-state index in [0.717, 1.165) is 38.3 Å². The predicted molar refractivity (Wildman–Crippen MR) is 113 cm³/mol. The van der Waals surface area contributed by atoms with Crippen LogP contribution >= 0.6 is 0 Å². The maximum atomic E-state index is 9.10. The summed E-state index contributed by atoms with van der Waals surface area (Å²) in [5.41, 5.74) is 5.21. The van der Waals surface area contributed by atoms with Crippen LogP contribution in [-0.2, 0) is 16.1 Å². The Morgan fingerprint density at radius 3 is 2.17 bits per heavy atom. The van der Waals surface area contributed by atoms with Crippen LogP contribution in [0.2, 0.25) is 0 Å². The van der Waals surface area contributed by atoms with E-state index in [-0.39, 0.29) is 0 Å². The summed E-state index contributed by atoms with van der Waals surface area (Å²) in [6, 6.07) is 15.0. The second-order valence-corrected chi connectivity index (χ2v) is 7.09. The zero-order valence-corrected chi connectivity index (χ0v) is 17.6. The number of aryl methyl sites for hydroxylation is 2. The average Bonchev–Trinajstić information content (AvgIpc) is 2.66. The van der Waals surface area contributed by atoms with Crippen LogP contribution < -0.4 is 4.74 Å². The van der Waals surface area contributed by atoms with Crippen molar-refractivity contribution in [2.75, 3.05) is 20.2 Å². The van der Waals surface area contributed by atoms with E-state index in [4.69, 9.17) is 24.5 Å². The van der Waals surface area contributed by atoms with Crippen LogP contribution in [0.1, 0.15) is 35.1 Å². The summed E-state index contributed by atoms with van der Waals surface area (Å²) in [7, 11) is 2.18. The maximum absolute atomic E-state index is 9.10. The van der Waals surface area contributed by atoms with E-state index in [1.165, 1.54) is 22.3 Å². The molecule has 6 nitrogen and oxygen atoms in total. The first-order chi connectivity index (χ1) is 13.7. The number of carboxylic acid groups (broad SMARTS) is 2. The number of benzene rings is 2. The Labute approximate surface area is 172 Å². The molecule has 0 radical (unpaired) electrons. The third-order valence-electron chi connectivity index (χ3n) is 4.43. The fourth-order valence-electron chi connectivity index (χ4n) is 2.79. The highest BCUT2D eigenvalue weighted by Crippen LogP contribution is 2.23. The minimum atomic E-state index is -1.82. The lowest BCUT2D eigenvalue weighted by Gasteiger charge is -2.17. The molecule has 29 heavy (non-hydrogen) atoms. The van der Waals surface area contributed by atoms with Crippen molar-refractivity contribution in [2.45, 2.75) is 40.2 Å². The molecule has 0 saturated heterocycles. The Morgan fingerprint density at radius 2 is 1.59 bits per heavy atom. The van der Waals surface area contributed by atoms with Crippen LogP contribution in [0.5, 0.6) is 5.75 Å². The van der Waals surface area contributed by atoms with Gasteiger partial charge in [-0.3, -0.25) is 0 Å². The first-order valence-corrected chi connectivity index (χ1v) is 9.60. The number of hydrogen-bond donors (Lipinski definition) is 2. The molecular formula is C23H31NO5. The summed E-state index contributed by atoms with van der Waals surface area (Å²) in [4.78, 5) is 20.6. The Morgan fingerprint density at radius 1 is 0.966 bits per heavy atom. The molecule has 0 heterocycles. The van der Waals surface area contributed by atoms with Crippen molar-refractivity contribution in [1.82, 2.24) is 4.90 Å². The van der Waals surface area contributed by atoms with Gasteiger partial charge in [-0.2, -0.15) is 0 Å². The van der Waals surface area contributed by atoms with E-state index in [1.54, 1.807) is 0 Å². The topological polar surface area (TPSA) is 87.1 Å². The second kappa shape index (κ2) is 12.6. The maximum Gasteiger partial charge on any atom is 0.414 e. The molecule has 0 fully saturated rings. The molecule has 0 aromatic heterocycles. The van der Waals surface area contributed by atoms with Crippen molar-refractivity contribution in [3.8, 4) is 5.75 Å². The van der Waals surface area contributed by atoms with E-state index in [1.807, 2.05) is 0 Å². The fourth-order valence-corrected chi connectivity index (χ4v) is 2.79. The van der Waals surface area contributed by atoms with Gasteiger partial charge in [0.05, 0.1) is 6.61 Å². The first-order valence-electron chi connectivity index (χ1n) is 9.60. The van der Waals surface area contributed by atoms with Gasteiger partial charge in [-0.25, -0.2) is 9.59 Å². The summed E-state index contributed by atoms with van der Waals surface area (Å²) in [6.45, 7) is 9.31. The van der Waals surface area contributed by atoms with Gasteiger partial charge in [0.2, 0.25) is 0 Å². The van der Waals surface area contributed by atoms with Crippen molar-refractivity contribution in [2.24, 2.45) is 0 Å². The Kier molecular flexibility index (Phi) is 10.5. The predicted octanol–water partition coefficient (Wildman–Crippen LogP) is 4.06. The van der Waals surface area contributed by atoms with Gasteiger partial charge in [0.25, 0.3) is 0 Å². The number of aliphatic carboxylic acids is 2. The molecule has 0 aliphatic carbocycles. The monoisotopic (exact) mass is 401 g/mol. The third kappa shape index (κ3) is 9.76. The summed E-state index contributed by atoms with van der Waals surface area (Å²) in [5, 5.41) is 14.8. The van der Waals surface area contributed by atoms with Crippen LogP contribution in [0.15, 0.2) is 42.5 Å². The SMILES string of the molecule is Cc1cc(C)c(C)c(OCCCCN(C)Cc2ccccc2)c1.O=C(O)C(=O)O. The zero-order valence-electron chi connectivity index (χ0n) is 17.6. The van der Waals surface area contributed by atoms with Gasteiger partial charge >= 0.3 is 11.9 Å². The van der Waals surface area contributed by atoms with Crippen LogP contribution in [-0.4, -0.2) is 47.3 Å². The van der Waals surface area contributed by atoms with Crippen LogP contribution in [0.3, 0.4) is 0 Å². The molecule has 0 amide bonds. The van der Waals surface area contributed by atoms with E-state index < -0.39 is 11.9 Å². The second-order valence-electron chi connectivity index (χ2n) is 7.09. The van der Waals surface area contributed by atoms with Crippen molar-refractivity contribution in [3.63, 3.8) is 0 Å². The largest absolute Gasteiger partial charge is 0.493 e. The number of carbonyl (C=O) groups is 2. The third-order valence-corrected chi connectivity index (χ3v) is 4.43. The average molecular weight is 402 g/mol. The van der Waals surface area contributed by atoms with Gasteiger partial charge in [-0.05, 0) is 75.5 Å². The van der Waals surface area contributed by atoms with Crippen molar-refractivity contribution < 1.29 is 24.5 Å². The molecule has 2 aromatic rings. The number of carboxylic acids is 2. The molecule has 0 aliphatic rings. The quantitative estimate of drug-likeness (QED) is 0.512. The lowest BCUT2D eigenvalue weighted by atomic mass is 10.1. The van der Waals surface area contributed by atoms with E-state index in [2.05, 4.69) is 75.2 Å². The summed E-state index contributed by atoms with van der Waals surface area (Å²) in [6.07, 6.45) is 2.25. The van der Waals surface area contributed by atoms with Gasteiger partial charge in [0.15, 0.2) is 0 Å². The van der Waals surface area contributed by atoms with Gasteiger partial charge < -0.3 is 19.8 Å². The molecule has 2 N–H and O–H groups in total. The van der Waals surface area contributed by atoms with Crippen molar-refractivity contribution in [1.29, 1.82) is 0 Å². The van der Waals surface area contributed by atoms with Crippen LogP contribution in [0.4, 0.5) is 0 Å². The molecule has 0 atom stereocenters. The summed E-state index contributed by atoms with van der Waals surface area (Å²) in [5.74, 6) is -2.61. The number of ether oxygens (including phenoxy) is 1. The van der Waals surface area contributed by atoms with Gasteiger partial charge in [0.1, 0.15) is 5.75 Å². The van der Waals surface area contributed by atoms with E-state index in [0.29, 0.717) is 0 Å². The molecule has 6 heteroatoms. The Balaban J connectivity index is 0.000000612. The molecule has 0 saturated carbocycles. The molecular weight excluding hydrogens is 370 g/mol. The molecule has 0 unspecified atom stereocenters. The molecule has 158 valence electrons.